The number of halogens is 1. The van der Waals surface area contributed by atoms with E-state index in [1.807, 2.05) is 12.1 Å². The molecule has 3 aromatic rings. The second-order valence-corrected chi connectivity index (χ2v) is 6.26. The first-order valence-electron chi connectivity index (χ1n) is 7.72. The highest BCUT2D eigenvalue weighted by Gasteiger charge is 2.16. The lowest BCUT2D eigenvalue weighted by Gasteiger charge is -2.12. The highest BCUT2D eigenvalue weighted by atomic mass is 79.9. The third kappa shape index (κ3) is 3.72. The number of fused-ring (bicyclic) bond motifs is 1. The van der Waals surface area contributed by atoms with Crippen LogP contribution in [0.1, 0.15) is 6.92 Å². The number of rotatable bonds is 5. The quantitative estimate of drug-likeness (QED) is 0.575. The van der Waals surface area contributed by atoms with Crippen LogP contribution < -0.4 is 14.9 Å². The van der Waals surface area contributed by atoms with Crippen molar-refractivity contribution in [3.05, 3.63) is 63.4 Å². The summed E-state index contributed by atoms with van der Waals surface area (Å²) in [7, 11) is 1.29. The summed E-state index contributed by atoms with van der Waals surface area (Å²) in [6, 6.07) is 11.9. The first kappa shape index (κ1) is 18.0. The highest BCUT2D eigenvalue weighted by Crippen LogP contribution is 2.29. The molecule has 26 heavy (non-hydrogen) atoms. The maximum Gasteiger partial charge on any atom is 0.346 e. The predicted molar refractivity (Wildman–Crippen MR) is 98.8 cm³/mol. The van der Waals surface area contributed by atoms with Gasteiger partial charge in [0.05, 0.1) is 17.0 Å². The van der Waals surface area contributed by atoms with E-state index in [2.05, 4.69) is 20.7 Å². The van der Waals surface area contributed by atoms with Crippen LogP contribution in [0, 0.1) is 0 Å². The smallest absolute Gasteiger partial charge is 0.346 e. The van der Waals surface area contributed by atoms with Gasteiger partial charge in [0.25, 0.3) is 0 Å². The second kappa shape index (κ2) is 7.61. The van der Waals surface area contributed by atoms with Gasteiger partial charge in [-0.3, -0.25) is 4.79 Å². The van der Waals surface area contributed by atoms with Crippen LogP contribution in [0.3, 0.4) is 0 Å². The van der Waals surface area contributed by atoms with Gasteiger partial charge in [-0.05, 0) is 47.1 Å². The molecule has 0 saturated carbocycles. The van der Waals surface area contributed by atoms with Crippen molar-refractivity contribution < 1.29 is 23.4 Å². The third-order valence-corrected chi connectivity index (χ3v) is 4.27. The molecule has 134 valence electrons. The average Bonchev–Trinajstić information content (AvgIpc) is 2.65. The summed E-state index contributed by atoms with van der Waals surface area (Å²) in [5, 5.41) is 0.340. The summed E-state index contributed by atoms with van der Waals surface area (Å²) >= 11 is 3.37. The van der Waals surface area contributed by atoms with Gasteiger partial charge in [0, 0.05) is 6.07 Å². The number of hydrogen-bond donors (Lipinski definition) is 0. The van der Waals surface area contributed by atoms with E-state index in [1.165, 1.54) is 13.4 Å². The fourth-order valence-electron chi connectivity index (χ4n) is 2.30. The van der Waals surface area contributed by atoms with E-state index in [0.717, 1.165) is 4.47 Å². The number of esters is 1. The number of carbonyl (C=O) groups is 1. The molecule has 0 N–H and O–H groups in total. The molecule has 1 unspecified atom stereocenters. The minimum atomic E-state index is -0.776. The maximum absolute atomic E-state index is 12.6. The Kier molecular flexibility index (Phi) is 5.27. The van der Waals surface area contributed by atoms with Gasteiger partial charge in [-0.15, -0.1) is 0 Å². The molecule has 0 radical (unpaired) electrons. The highest BCUT2D eigenvalue weighted by molar-refractivity contribution is 9.10. The van der Waals surface area contributed by atoms with Crippen molar-refractivity contribution in [3.8, 4) is 17.2 Å². The minimum Gasteiger partial charge on any atom is -0.479 e. The van der Waals surface area contributed by atoms with E-state index in [9.17, 15) is 9.59 Å². The maximum atomic E-state index is 12.6. The molecule has 0 fully saturated rings. The van der Waals surface area contributed by atoms with Crippen molar-refractivity contribution in [1.29, 1.82) is 0 Å². The Morgan fingerprint density at radius 3 is 2.65 bits per heavy atom. The second-order valence-electron chi connectivity index (χ2n) is 5.40. The van der Waals surface area contributed by atoms with Crippen molar-refractivity contribution >= 4 is 32.9 Å². The summed E-state index contributed by atoms with van der Waals surface area (Å²) < 4.78 is 22.0. The van der Waals surface area contributed by atoms with Gasteiger partial charge in [-0.1, -0.05) is 12.1 Å². The van der Waals surface area contributed by atoms with E-state index in [-0.39, 0.29) is 11.2 Å². The Morgan fingerprint density at radius 1 is 1.15 bits per heavy atom. The molecule has 6 nitrogen and oxygen atoms in total. The molecule has 1 aromatic heterocycles. The minimum absolute atomic E-state index is 0.0704. The largest absolute Gasteiger partial charge is 0.479 e. The van der Waals surface area contributed by atoms with Gasteiger partial charge in [-0.2, -0.15) is 0 Å². The van der Waals surface area contributed by atoms with Crippen molar-refractivity contribution in [2.45, 2.75) is 13.0 Å². The van der Waals surface area contributed by atoms with Gasteiger partial charge in [0.1, 0.15) is 23.3 Å². The van der Waals surface area contributed by atoms with Crippen LogP contribution in [0.4, 0.5) is 0 Å². The summed E-state index contributed by atoms with van der Waals surface area (Å²) in [6.45, 7) is 1.57. The Morgan fingerprint density at radius 2 is 1.92 bits per heavy atom. The molecule has 0 aliphatic heterocycles. The summed E-state index contributed by atoms with van der Waals surface area (Å²) in [5.41, 5.74) is 0.0126. The fourth-order valence-corrected chi connectivity index (χ4v) is 2.66. The van der Waals surface area contributed by atoms with Gasteiger partial charge in [-0.25, -0.2) is 4.79 Å². The third-order valence-electron chi connectivity index (χ3n) is 3.62. The van der Waals surface area contributed by atoms with Crippen LogP contribution in [0.2, 0.25) is 0 Å². The Balaban J connectivity index is 1.90. The zero-order valence-electron chi connectivity index (χ0n) is 14.0. The predicted octanol–water partition coefficient (Wildman–Crippen LogP) is 4.29. The first-order chi connectivity index (χ1) is 12.5. The molecule has 7 heteroatoms. The molecule has 2 aromatic carbocycles. The van der Waals surface area contributed by atoms with E-state index in [1.54, 1.807) is 37.3 Å². The van der Waals surface area contributed by atoms with Crippen LogP contribution in [0.5, 0.6) is 17.2 Å². The van der Waals surface area contributed by atoms with Crippen LogP contribution in [0.25, 0.3) is 11.0 Å². The zero-order valence-corrected chi connectivity index (χ0v) is 15.6. The van der Waals surface area contributed by atoms with Crippen LogP contribution >= 0.6 is 15.9 Å². The van der Waals surface area contributed by atoms with Crippen LogP contribution in [-0.4, -0.2) is 19.2 Å². The molecule has 0 spiro atoms. The lowest BCUT2D eigenvalue weighted by Crippen LogP contribution is -2.24. The number of hydrogen-bond acceptors (Lipinski definition) is 6. The molecule has 0 aliphatic carbocycles. The monoisotopic (exact) mass is 418 g/mol. The topological polar surface area (TPSA) is 75.0 Å². The van der Waals surface area contributed by atoms with Gasteiger partial charge >= 0.3 is 5.97 Å². The summed E-state index contributed by atoms with van der Waals surface area (Å²) in [4.78, 5) is 24.1. The summed E-state index contributed by atoms with van der Waals surface area (Å²) in [5.74, 6) is 0.466. The normalized spacial score (nSPS) is 11.8. The number of methoxy groups -OCH3 is 1. The summed E-state index contributed by atoms with van der Waals surface area (Å²) in [6.07, 6.45) is 0.472. The van der Waals surface area contributed by atoms with Gasteiger partial charge in [0.15, 0.2) is 6.10 Å². The Bertz CT molecular complexity index is 1010. The number of carbonyl (C=O) groups excluding carboxylic acids is 1. The van der Waals surface area contributed by atoms with Crippen LogP contribution in [-0.2, 0) is 9.53 Å². The van der Waals surface area contributed by atoms with Crippen molar-refractivity contribution in [3.63, 3.8) is 0 Å². The van der Waals surface area contributed by atoms with Crippen molar-refractivity contribution in [2.75, 3.05) is 7.11 Å². The Hall–Kier alpha value is -2.80. The standard InChI is InChI=1S/C19H15BrO6/c1-11(19(22)23-2)25-12-7-8-13-16(9-12)24-10-17(18(13)21)26-15-6-4-3-5-14(15)20/h3-11H,1-2H3. The van der Waals surface area contributed by atoms with E-state index < -0.39 is 12.1 Å². The molecule has 1 atom stereocenters. The molecule has 0 aliphatic rings. The van der Waals surface area contributed by atoms with Crippen molar-refractivity contribution in [2.24, 2.45) is 0 Å². The molecular formula is C19H15BrO6. The SMILES string of the molecule is COC(=O)C(C)Oc1ccc2c(=O)c(Oc3ccccc3Br)coc2c1. The fraction of sp³-hybridized carbons (Fsp3) is 0.158. The van der Waals surface area contributed by atoms with Crippen molar-refractivity contribution in [1.82, 2.24) is 0 Å². The molecular weight excluding hydrogens is 404 g/mol. The number of para-hydroxylation sites is 1. The van der Waals surface area contributed by atoms with Gasteiger partial charge < -0.3 is 18.6 Å². The lowest BCUT2D eigenvalue weighted by molar-refractivity contribution is -0.147. The zero-order chi connectivity index (χ0) is 18.7. The molecule has 3 rings (SSSR count). The molecule has 0 bridgehead atoms. The van der Waals surface area contributed by atoms with E-state index in [4.69, 9.17) is 13.9 Å². The Labute approximate surface area is 157 Å². The molecule has 1 heterocycles. The number of benzene rings is 2. The molecule has 0 amide bonds. The van der Waals surface area contributed by atoms with E-state index in [0.29, 0.717) is 22.5 Å². The molecule has 0 saturated heterocycles. The van der Waals surface area contributed by atoms with E-state index >= 15 is 0 Å². The average molecular weight is 419 g/mol. The van der Waals surface area contributed by atoms with Crippen LogP contribution in [0.15, 0.2) is 62.4 Å². The number of ether oxygens (including phenoxy) is 3. The van der Waals surface area contributed by atoms with Gasteiger partial charge in [0.2, 0.25) is 11.2 Å². The first-order valence-corrected chi connectivity index (χ1v) is 8.51. The lowest BCUT2D eigenvalue weighted by atomic mass is 10.2.